The molecule has 5 nitrogen and oxygen atoms in total. The van der Waals surface area contributed by atoms with Crippen LogP contribution in [0.2, 0.25) is 0 Å². The van der Waals surface area contributed by atoms with Gasteiger partial charge in [-0.05, 0) is 48.2 Å². The minimum absolute atomic E-state index is 0.0251. The zero-order valence-corrected chi connectivity index (χ0v) is 15.4. The van der Waals surface area contributed by atoms with E-state index >= 15 is 0 Å². The molecule has 7 heteroatoms. The quantitative estimate of drug-likeness (QED) is 0.635. The third-order valence-corrected chi connectivity index (χ3v) is 5.43. The van der Waals surface area contributed by atoms with E-state index in [1.165, 1.54) is 16.7 Å². The summed E-state index contributed by atoms with van der Waals surface area (Å²) in [6.07, 6.45) is 2.15. The number of nitrogens with zero attached hydrogens (tertiary/aromatic N) is 3. The summed E-state index contributed by atoms with van der Waals surface area (Å²) in [5.41, 5.74) is 0.803. The van der Waals surface area contributed by atoms with Gasteiger partial charge in [-0.2, -0.15) is 0 Å². The van der Waals surface area contributed by atoms with Crippen molar-refractivity contribution in [3.05, 3.63) is 60.9 Å². The number of hydrogen-bond donors (Lipinski definition) is 1. The van der Waals surface area contributed by atoms with Crippen LogP contribution < -0.4 is 5.32 Å². The molecule has 0 spiro atoms. The Kier molecular flexibility index (Phi) is 6.14. The maximum Gasteiger partial charge on any atom is 0.225 e. The van der Waals surface area contributed by atoms with E-state index in [-0.39, 0.29) is 5.91 Å². The molecule has 25 heavy (non-hydrogen) atoms. The van der Waals surface area contributed by atoms with Crippen molar-refractivity contribution in [1.29, 1.82) is 0 Å². The summed E-state index contributed by atoms with van der Waals surface area (Å²) in [4.78, 5) is 14.3. The fourth-order valence-corrected chi connectivity index (χ4v) is 3.71. The Morgan fingerprint density at radius 2 is 1.84 bits per heavy atom. The predicted molar refractivity (Wildman–Crippen MR) is 102 cm³/mol. The molecular weight excluding hydrogens is 352 g/mol. The number of carbonyl (C=O) groups is 1. The summed E-state index contributed by atoms with van der Waals surface area (Å²) in [7, 11) is 1.91. The highest BCUT2D eigenvalue weighted by Crippen LogP contribution is 2.26. The van der Waals surface area contributed by atoms with Gasteiger partial charge in [-0.15, -0.1) is 22.0 Å². The standard InChI is InChI=1S/C18H18N4OS2/c1-22-13-19-21-18(22)25-16-9-7-14(8-10-16)20-17(23)11-12-24-15-5-3-2-4-6-15/h2-10,13H,11-12H2,1H3,(H,20,23). The number of aromatic nitrogens is 3. The molecular formula is C18H18N4OS2. The number of benzene rings is 2. The van der Waals surface area contributed by atoms with Crippen molar-refractivity contribution in [2.45, 2.75) is 21.4 Å². The van der Waals surface area contributed by atoms with Gasteiger partial charge in [0.25, 0.3) is 0 Å². The number of nitrogens with one attached hydrogen (secondary N) is 1. The van der Waals surface area contributed by atoms with Crippen LogP contribution in [0.1, 0.15) is 6.42 Å². The molecule has 3 rings (SSSR count). The molecule has 1 heterocycles. The Bertz CT molecular complexity index is 819. The third kappa shape index (κ3) is 5.37. The van der Waals surface area contributed by atoms with E-state index in [4.69, 9.17) is 0 Å². The minimum Gasteiger partial charge on any atom is -0.326 e. The average molecular weight is 371 g/mol. The first kappa shape index (κ1) is 17.6. The lowest BCUT2D eigenvalue weighted by Crippen LogP contribution is -2.12. The molecule has 1 N–H and O–H groups in total. The summed E-state index contributed by atoms with van der Waals surface area (Å²) in [5.74, 6) is 0.785. The lowest BCUT2D eigenvalue weighted by atomic mass is 10.3. The smallest absolute Gasteiger partial charge is 0.225 e. The number of amides is 1. The molecule has 0 aliphatic rings. The molecule has 0 atom stereocenters. The number of aryl methyl sites for hydroxylation is 1. The Morgan fingerprint density at radius 1 is 1.08 bits per heavy atom. The topological polar surface area (TPSA) is 59.8 Å². The maximum atomic E-state index is 12.0. The number of hydrogen-bond acceptors (Lipinski definition) is 5. The van der Waals surface area contributed by atoms with Gasteiger partial charge in [-0.1, -0.05) is 18.2 Å². The van der Waals surface area contributed by atoms with E-state index in [0.717, 1.165) is 21.5 Å². The molecule has 1 aromatic heterocycles. The van der Waals surface area contributed by atoms with Crippen molar-refractivity contribution in [3.8, 4) is 0 Å². The molecule has 0 aliphatic carbocycles. The zero-order valence-electron chi connectivity index (χ0n) is 13.8. The second kappa shape index (κ2) is 8.73. The number of rotatable bonds is 7. The van der Waals surface area contributed by atoms with Crippen molar-refractivity contribution in [1.82, 2.24) is 14.8 Å². The Hall–Kier alpha value is -2.25. The lowest BCUT2D eigenvalue weighted by Gasteiger charge is -2.06. The number of anilines is 1. The average Bonchev–Trinajstić information content (AvgIpc) is 3.02. The van der Waals surface area contributed by atoms with Gasteiger partial charge >= 0.3 is 0 Å². The van der Waals surface area contributed by atoms with Gasteiger partial charge < -0.3 is 9.88 Å². The molecule has 2 aromatic carbocycles. The molecule has 1 amide bonds. The maximum absolute atomic E-state index is 12.0. The second-order valence-corrected chi connectivity index (χ2v) is 7.52. The normalized spacial score (nSPS) is 10.6. The van der Waals surface area contributed by atoms with Gasteiger partial charge in [0, 0.05) is 34.7 Å². The molecule has 0 bridgehead atoms. The number of carbonyl (C=O) groups excluding carboxylic acids is 1. The van der Waals surface area contributed by atoms with Crippen LogP contribution >= 0.6 is 23.5 Å². The van der Waals surface area contributed by atoms with Gasteiger partial charge in [0.15, 0.2) is 5.16 Å². The largest absolute Gasteiger partial charge is 0.326 e. The monoisotopic (exact) mass is 370 g/mol. The molecule has 0 aliphatic heterocycles. The second-order valence-electron chi connectivity index (χ2n) is 5.31. The lowest BCUT2D eigenvalue weighted by molar-refractivity contribution is -0.115. The van der Waals surface area contributed by atoms with E-state index in [9.17, 15) is 4.79 Å². The van der Waals surface area contributed by atoms with Crippen LogP contribution in [0.4, 0.5) is 5.69 Å². The Morgan fingerprint density at radius 3 is 2.52 bits per heavy atom. The summed E-state index contributed by atoms with van der Waals surface area (Å²) in [6.45, 7) is 0. The molecule has 0 unspecified atom stereocenters. The van der Waals surface area contributed by atoms with Crippen molar-refractivity contribution in [2.24, 2.45) is 7.05 Å². The van der Waals surface area contributed by atoms with Gasteiger partial charge in [0.1, 0.15) is 6.33 Å². The van der Waals surface area contributed by atoms with E-state index in [0.29, 0.717) is 6.42 Å². The van der Waals surface area contributed by atoms with Crippen LogP contribution in [-0.2, 0) is 11.8 Å². The SMILES string of the molecule is Cn1cnnc1Sc1ccc(NC(=O)CCSc2ccccc2)cc1. The van der Waals surface area contributed by atoms with E-state index in [2.05, 4.69) is 27.6 Å². The van der Waals surface area contributed by atoms with Crippen molar-refractivity contribution >= 4 is 35.1 Å². The summed E-state index contributed by atoms with van der Waals surface area (Å²) in [5, 5.41) is 11.7. The minimum atomic E-state index is 0.0251. The predicted octanol–water partition coefficient (Wildman–Crippen LogP) is 4.09. The van der Waals surface area contributed by atoms with Crippen molar-refractivity contribution in [2.75, 3.05) is 11.1 Å². The third-order valence-electron chi connectivity index (χ3n) is 3.36. The first-order chi connectivity index (χ1) is 12.2. The van der Waals surface area contributed by atoms with E-state index in [1.807, 2.05) is 54.1 Å². The summed E-state index contributed by atoms with van der Waals surface area (Å²) < 4.78 is 1.87. The van der Waals surface area contributed by atoms with Crippen LogP contribution in [0.25, 0.3) is 0 Å². The highest BCUT2D eigenvalue weighted by molar-refractivity contribution is 7.99. The molecule has 0 radical (unpaired) electrons. The highest BCUT2D eigenvalue weighted by atomic mass is 32.2. The highest BCUT2D eigenvalue weighted by Gasteiger charge is 2.06. The first-order valence-electron chi connectivity index (χ1n) is 7.80. The fourth-order valence-electron chi connectivity index (χ4n) is 2.08. The van der Waals surface area contributed by atoms with Crippen LogP contribution in [0, 0.1) is 0 Å². The molecule has 3 aromatic rings. The number of thioether (sulfide) groups is 1. The Labute approximate surface area is 155 Å². The molecule has 128 valence electrons. The van der Waals surface area contributed by atoms with Gasteiger partial charge in [-0.3, -0.25) is 4.79 Å². The summed E-state index contributed by atoms with van der Waals surface area (Å²) >= 11 is 3.22. The first-order valence-corrected chi connectivity index (χ1v) is 9.60. The van der Waals surface area contributed by atoms with Gasteiger partial charge in [-0.25, -0.2) is 0 Å². The van der Waals surface area contributed by atoms with Gasteiger partial charge in [0.05, 0.1) is 0 Å². The fraction of sp³-hybridized carbons (Fsp3) is 0.167. The van der Waals surface area contributed by atoms with Crippen LogP contribution in [0.5, 0.6) is 0 Å². The molecule has 0 saturated heterocycles. The van der Waals surface area contributed by atoms with Crippen LogP contribution in [0.15, 0.2) is 75.9 Å². The summed E-state index contributed by atoms with van der Waals surface area (Å²) in [6, 6.07) is 17.8. The van der Waals surface area contributed by atoms with Crippen LogP contribution in [0.3, 0.4) is 0 Å². The molecule has 0 saturated carbocycles. The van der Waals surface area contributed by atoms with Gasteiger partial charge in [0.2, 0.25) is 5.91 Å². The zero-order chi connectivity index (χ0) is 17.5. The van der Waals surface area contributed by atoms with Crippen LogP contribution in [-0.4, -0.2) is 26.4 Å². The Balaban J connectivity index is 1.46. The van der Waals surface area contributed by atoms with Crippen molar-refractivity contribution in [3.63, 3.8) is 0 Å². The van der Waals surface area contributed by atoms with E-state index < -0.39 is 0 Å². The van der Waals surface area contributed by atoms with E-state index in [1.54, 1.807) is 18.1 Å². The molecule has 0 fully saturated rings. The van der Waals surface area contributed by atoms with Crippen molar-refractivity contribution < 1.29 is 4.79 Å².